The second-order valence-electron chi connectivity index (χ2n) is 4.60. The molecule has 20 heavy (non-hydrogen) atoms. The zero-order valence-electron chi connectivity index (χ0n) is 10.7. The maximum Gasteiger partial charge on any atom is 0.178 e. The molecule has 1 aromatic carbocycles. The van der Waals surface area contributed by atoms with Gasteiger partial charge in [-0.25, -0.2) is 0 Å². The zero-order valence-corrected chi connectivity index (χ0v) is 13.0. The molecule has 3 aromatic rings. The van der Waals surface area contributed by atoms with Gasteiger partial charge in [-0.1, -0.05) is 23.2 Å². The van der Waals surface area contributed by atoms with E-state index in [1.807, 2.05) is 22.9 Å². The predicted molar refractivity (Wildman–Crippen MR) is 85.2 cm³/mol. The van der Waals surface area contributed by atoms with Crippen molar-refractivity contribution >= 4 is 46.5 Å². The van der Waals surface area contributed by atoms with Crippen LogP contribution in [0.3, 0.4) is 0 Å². The third-order valence-corrected chi connectivity index (χ3v) is 4.34. The van der Waals surface area contributed by atoms with E-state index in [0.717, 1.165) is 16.6 Å². The van der Waals surface area contributed by atoms with Crippen LogP contribution in [0, 0.1) is 11.7 Å². The van der Waals surface area contributed by atoms with E-state index in [4.69, 9.17) is 35.4 Å². The van der Waals surface area contributed by atoms with Gasteiger partial charge in [-0.2, -0.15) is 0 Å². The molecule has 0 unspecified atom stereocenters. The van der Waals surface area contributed by atoms with Gasteiger partial charge < -0.3 is 9.55 Å². The number of nitrogens with zero attached hydrogens (tertiary/aromatic N) is 2. The van der Waals surface area contributed by atoms with E-state index in [1.165, 1.54) is 5.56 Å². The summed E-state index contributed by atoms with van der Waals surface area (Å²) in [5, 5.41) is 1.03. The lowest BCUT2D eigenvalue weighted by Gasteiger charge is -2.07. The molecule has 2 heterocycles. The number of hydrogen-bond donors (Lipinski definition) is 1. The van der Waals surface area contributed by atoms with E-state index >= 15 is 0 Å². The molecule has 0 bridgehead atoms. The first kappa shape index (κ1) is 13.6. The second-order valence-corrected chi connectivity index (χ2v) is 5.80. The fourth-order valence-electron chi connectivity index (χ4n) is 2.14. The molecule has 6 heteroatoms. The molecule has 0 amide bonds. The molecule has 0 aliphatic rings. The second kappa shape index (κ2) is 5.20. The Balaban J connectivity index is 2.17. The van der Waals surface area contributed by atoms with Crippen LogP contribution < -0.4 is 0 Å². The molecule has 102 valence electrons. The summed E-state index contributed by atoms with van der Waals surface area (Å²) in [6, 6.07) is 5.61. The average Bonchev–Trinajstić information content (AvgIpc) is 2.69. The van der Waals surface area contributed by atoms with E-state index in [9.17, 15) is 0 Å². The number of nitrogens with one attached hydrogen (secondary N) is 1. The number of H-pyrrole nitrogens is 1. The maximum absolute atomic E-state index is 6.10. The molecule has 0 aliphatic heterocycles. The van der Waals surface area contributed by atoms with E-state index in [-0.39, 0.29) is 0 Å². The third kappa shape index (κ3) is 2.35. The van der Waals surface area contributed by atoms with Crippen molar-refractivity contribution in [3.05, 3.63) is 56.5 Å². The highest BCUT2D eigenvalue weighted by Crippen LogP contribution is 2.28. The van der Waals surface area contributed by atoms with Crippen molar-refractivity contribution in [2.24, 2.45) is 0 Å². The summed E-state index contributed by atoms with van der Waals surface area (Å²) >= 11 is 17.5. The van der Waals surface area contributed by atoms with Gasteiger partial charge in [0.25, 0.3) is 0 Å². The quantitative estimate of drug-likeness (QED) is 0.690. The van der Waals surface area contributed by atoms with Crippen LogP contribution in [0.2, 0.25) is 10.0 Å². The first-order valence-corrected chi connectivity index (χ1v) is 7.20. The van der Waals surface area contributed by atoms with Gasteiger partial charge in [0, 0.05) is 12.4 Å². The van der Waals surface area contributed by atoms with Gasteiger partial charge in [-0.05, 0) is 48.5 Å². The number of rotatable bonds is 2. The summed E-state index contributed by atoms with van der Waals surface area (Å²) in [7, 11) is 0. The summed E-state index contributed by atoms with van der Waals surface area (Å²) in [5.74, 6) is 0. The lowest BCUT2D eigenvalue weighted by Crippen LogP contribution is -2.02. The fraction of sp³-hybridized carbons (Fsp3) is 0.143. The van der Waals surface area contributed by atoms with Crippen LogP contribution >= 0.6 is 35.4 Å². The van der Waals surface area contributed by atoms with Crippen LogP contribution in [0.1, 0.15) is 11.1 Å². The third-order valence-electron chi connectivity index (χ3n) is 3.29. The molecule has 0 radical (unpaired) electrons. The van der Waals surface area contributed by atoms with Gasteiger partial charge in [0.05, 0.1) is 27.6 Å². The molecule has 3 nitrogen and oxygen atoms in total. The predicted octanol–water partition coefficient (Wildman–Crippen LogP) is 4.76. The molecule has 0 saturated heterocycles. The Kier molecular flexibility index (Phi) is 3.54. The summed E-state index contributed by atoms with van der Waals surface area (Å²) in [6.07, 6.45) is 3.64. The molecular weight excluding hydrogens is 313 g/mol. The first-order chi connectivity index (χ1) is 9.56. The SMILES string of the molecule is Cc1ccncc1Cn1c(=S)[nH]c2cc(Cl)c(Cl)cc21. The normalized spacial score (nSPS) is 11.2. The molecule has 3 rings (SSSR count). The smallest absolute Gasteiger partial charge is 0.178 e. The van der Waals surface area contributed by atoms with E-state index in [2.05, 4.69) is 16.9 Å². The number of hydrogen-bond acceptors (Lipinski definition) is 2. The van der Waals surface area contributed by atoms with Gasteiger partial charge in [0.2, 0.25) is 0 Å². The highest BCUT2D eigenvalue weighted by atomic mass is 35.5. The Hall–Kier alpha value is -1.36. The maximum atomic E-state index is 6.10. The zero-order chi connectivity index (χ0) is 14.3. The highest BCUT2D eigenvalue weighted by Gasteiger charge is 2.09. The molecule has 1 N–H and O–H groups in total. The van der Waals surface area contributed by atoms with Crippen molar-refractivity contribution < 1.29 is 0 Å². The number of halogens is 2. The number of benzene rings is 1. The summed E-state index contributed by atoms with van der Waals surface area (Å²) in [5.41, 5.74) is 4.12. The van der Waals surface area contributed by atoms with Crippen molar-refractivity contribution in [1.82, 2.24) is 14.5 Å². The van der Waals surface area contributed by atoms with Gasteiger partial charge in [-0.15, -0.1) is 0 Å². The number of aromatic amines is 1. The Morgan fingerprint density at radius 3 is 2.80 bits per heavy atom. The topological polar surface area (TPSA) is 33.6 Å². The van der Waals surface area contributed by atoms with Crippen LogP contribution in [0.5, 0.6) is 0 Å². The van der Waals surface area contributed by atoms with Crippen LogP contribution in [-0.2, 0) is 6.54 Å². The van der Waals surface area contributed by atoms with E-state index in [1.54, 1.807) is 12.3 Å². The fourth-order valence-corrected chi connectivity index (χ4v) is 2.74. The monoisotopic (exact) mass is 323 g/mol. The minimum atomic E-state index is 0.514. The summed E-state index contributed by atoms with van der Waals surface area (Å²) in [4.78, 5) is 7.31. The molecule has 0 fully saturated rings. The lowest BCUT2D eigenvalue weighted by molar-refractivity contribution is 0.800. The molecule has 0 spiro atoms. The standard InChI is InChI=1S/C14H11Cl2N3S/c1-8-2-3-17-6-9(8)7-19-13-5-11(16)10(15)4-12(13)18-14(19)20/h2-6H,7H2,1H3,(H,18,20). The minimum absolute atomic E-state index is 0.514. The number of aryl methyl sites for hydroxylation is 1. The Bertz CT molecular complexity index is 851. The summed E-state index contributed by atoms with van der Waals surface area (Å²) < 4.78 is 2.64. The molecule has 0 atom stereocenters. The molecule has 0 saturated carbocycles. The van der Waals surface area contributed by atoms with Crippen molar-refractivity contribution in [2.75, 3.05) is 0 Å². The van der Waals surface area contributed by atoms with Crippen molar-refractivity contribution in [3.63, 3.8) is 0 Å². The van der Waals surface area contributed by atoms with Gasteiger partial charge in [-0.3, -0.25) is 4.98 Å². The minimum Gasteiger partial charge on any atom is -0.331 e. The molecular formula is C14H11Cl2N3S. The molecule has 2 aromatic heterocycles. The largest absolute Gasteiger partial charge is 0.331 e. The number of pyridine rings is 1. The number of imidazole rings is 1. The van der Waals surface area contributed by atoms with Gasteiger partial charge >= 0.3 is 0 Å². The average molecular weight is 324 g/mol. The van der Waals surface area contributed by atoms with Crippen LogP contribution in [0.15, 0.2) is 30.6 Å². The molecule has 0 aliphatic carbocycles. The van der Waals surface area contributed by atoms with Gasteiger partial charge in [0.15, 0.2) is 4.77 Å². The van der Waals surface area contributed by atoms with Crippen LogP contribution in [-0.4, -0.2) is 14.5 Å². The Morgan fingerprint density at radius 1 is 1.30 bits per heavy atom. The number of fused-ring (bicyclic) bond motifs is 1. The highest BCUT2D eigenvalue weighted by molar-refractivity contribution is 7.71. The number of aromatic nitrogens is 3. The first-order valence-electron chi connectivity index (χ1n) is 6.03. The van der Waals surface area contributed by atoms with E-state index in [0.29, 0.717) is 21.4 Å². The van der Waals surface area contributed by atoms with Gasteiger partial charge in [0.1, 0.15) is 0 Å². The lowest BCUT2D eigenvalue weighted by atomic mass is 10.1. The van der Waals surface area contributed by atoms with E-state index < -0.39 is 0 Å². The van der Waals surface area contributed by atoms with Crippen molar-refractivity contribution in [1.29, 1.82) is 0 Å². The Morgan fingerprint density at radius 2 is 2.05 bits per heavy atom. The van der Waals surface area contributed by atoms with Crippen molar-refractivity contribution in [3.8, 4) is 0 Å². The Labute approximate surface area is 131 Å². The van der Waals surface area contributed by atoms with Crippen LogP contribution in [0.25, 0.3) is 11.0 Å². The van der Waals surface area contributed by atoms with Crippen molar-refractivity contribution in [2.45, 2.75) is 13.5 Å². The summed E-state index contributed by atoms with van der Waals surface area (Å²) in [6.45, 7) is 2.70. The van der Waals surface area contributed by atoms with Crippen LogP contribution in [0.4, 0.5) is 0 Å².